The summed E-state index contributed by atoms with van der Waals surface area (Å²) in [6.07, 6.45) is 9.27. The Balaban J connectivity index is 1.47. The predicted molar refractivity (Wildman–Crippen MR) is 115 cm³/mol. The minimum absolute atomic E-state index is 0.0606. The SMILES string of the molecule is Cc1ccn(C(=O)C2CCN(C(=O)c3ccsc3)CC2)c(=NC2CCCCC2)c1. The molecule has 0 atom stereocenters. The van der Waals surface area contributed by atoms with Gasteiger partial charge in [-0.25, -0.2) is 0 Å². The van der Waals surface area contributed by atoms with Gasteiger partial charge in [0.2, 0.25) is 5.91 Å². The van der Waals surface area contributed by atoms with Crippen molar-refractivity contribution < 1.29 is 9.59 Å². The first kappa shape index (κ1) is 20.1. The molecule has 2 aromatic rings. The second-order valence-electron chi connectivity index (χ2n) is 8.27. The number of thiophene rings is 1. The van der Waals surface area contributed by atoms with Crippen LogP contribution in [0.25, 0.3) is 0 Å². The van der Waals surface area contributed by atoms with Crippen LogP contribution in [0.1, 0.15) is 65.7 Å². The summed E-state index contributed by atoms with van der Waals surface area (Å²) < 4.78 is 1.75. The fourth-order valence-electron chi connectivity index (χ4n) is 4.37. The van der Waals surface area contributed by atoms with Crippen molar-refractivity contribution in [3.8, 4) is 0 Å². The van der Waals surface area contributed by atoms with E-state index in [9.17, 15) is 9.59 Å². The van der Waals surface area contributed by atoms with E-state index in [1.54, 1.807) is 4.57 Å². The summed E-state index contributed by atoms with van der Waals surface area (Å²) in [5.74, 6) is 0.129. The standard InChI is InChI=1S/C23H29N3O2S/c1-17-7-13-26(21(15-17)24-20-5-3-2-4-6-20)23(28)18-8-11-25(12-9-18)22(27)19-10-14-29-16-19/h7,10,13-16,18,20H,2-6,8-9,11-12H2,1H3. The Bertz CT molecular complexity index is 918. The van der Waals surface area contributed by atoms with Crippen LogP contribution in [0.3, 0.4) is 0 Å². The molecule has 5 nitrogen and oxygen atoms in total. The van der Waals surface area contributed by atoms with Crippen LogP contribution < -0.4 is 5.49 Å². The monoisotopic (exact) mass is 411 g/mol. The van der Waals surface area contributed by atoms with Gasteiger partial charge in [0.15, 0.2) is 0 Å². The van der Waals surface area contributed by atoms with E-state index in [1.807, 2.05) is 47.0 Å². The quantitative estimate of drug-likeness (QED) is 0.757. The van der Waals surface area contributed by atoms with Crippen LogP contribution in [0.4, 0.5) is 0 Å². The first-order valence-electron chi connectivity index (χ1n) is 10.7. The van der Waals surface area contributed by atoms with E-state index < -0.39 is 0 Å². The van der Waals surface area contributed by atoms with E-state index in [-0.39, 0.29) is 17.7 Å². The van der Waals surface area contributed by atoms with Crippen LogP contribution in [0.5, 0.6) is 0 Å². The number of aryl methyl sites for hydroxylation is 1. The highest BCUT2D eigenvalue weighted by Crippen LogP contribution is 2.22. The Hall–Kier alpha value is -2.21. The molecule has 6 heteroatoms. The lowest BCUT2D eigenvalue weighted by Gasteiger charge is -2.31. The second-order valence-corrected chi connectivity index (χ2v) is 9.05. The Morgan fingerprint density at radius 2 is 1.83 bits per heavy atom. The average Bonchev–Trinajstić information content (AvgIpc) is 3.29. The summed E-state index contributed by atoms with van der Waals surface area (Å²) in [5, 5.41) is 3.82. The first-order valence-corrected chi connectivity index (χ1v) is 11.6. The highest BCUT2D eigenvalue weighted by molar-refractivity contribution is 7.08. The van der Waals surface area contributed by atoms with E-state index in [0.717, 1.165) is 29.5 Å². The molecule has 154 valence electrons. The lowest BCUT2D eigenvalue weighted by Crippen LogP contribution is -2.42. The van der Waals surface area contributed by atoms with Gasteiger partial charge < -0.3 is 4.90 Å². The molecule has 4 rings (SSSR count). The van der Waals surface area contributed by atoms with Crippen LogP contribution >= 0.6 is 11.3 Å². The van der Waals surface area contributed by atoms with Crippen molar-refractivity contribution in [2.75, 3.05) is 13.1 Å². The zero-order valence-corrected chi connectivity index (χ0v) is 17.9. The van der Waals surface area contributed by atoms with Crippen LogP contribution in [0.2, 0.25) is 0 Å². The molecule has 1 aliphatic carbocycles. The number of carbonyl (C=O) groups excluding carboxylic acids is 2. The third kappa shape index (κ3) is 4.69. The molecule has 29 heavy (non-hydrogen) atoms. The molecule has 0 spiro atoms. The smallest absolute Gasteiger partial charge is 0.254 e. The third-order valence-corrected chi connectivity index (χ3v) is 6.80. The number of carbonyl (C=O) groups is 2. The summed E-state index contributed by atoms with van der Waals surface area (Å²) >= 11 is 1.54. The number of amides is 1. The number of piperidine rings is 1. The molecule has 1 aliphatic heterocycles. The number of aromatic nitrogens is 1. The van der Waals surface area contributed by atoms with Crippen molar-refractivity contribution >= 4 is 23.2 Å². The van der Waals surface area contributed by atoms with Crippen LogP contribution in [-0.2, 0) is 0 Å². The van der Waals surface area contributed by atoms with E-state index in [2.05, 4.69) is 0 Å². The van der Waals surface area contributed by atoms with Gasteiger partial charge in [0.25, 0.3) is 5.91 Å². The number of nitrogens with zero attached hydrogens (tertiary/aromatic N) is 3. The van der Waals surface area contributed by atoms with Crippen LogP contribution in [0, 0.1) is 12.8 Å². The van der Waals surface area contributed by atoms with Gasteiger partial charge in [0.05, 0.1) is 11.6 Å². The van der Waals surface area contributed by atoms with E-state index in [0.29, 0.717) is 32.0 Å². The average molecular weight is 412 g/mol. The maximum atomic E-state index is 13.3. The summed E-state index contributed by atoms with van der Waals surface area (Å²) in [6, 6.07) is 6.20. The Morgan fingerprint density at radius 3 is 2.52 bits per heavy atom. The van der Waals surface area contributed by atoms with Crippen LogP contribution in [-0.4, -0.2) is 40.4 Å². The summed E-state index contributed by atoms with van der Waals surface area (Å²) in [4.78, 5) is 32.7. The van der Waals surface area contributed by atoms with Gasteiger partial charge in [0, 0.05) is 30.6 Å². The minimum atomic E-state index is -0.0606. The van der Waals surface area contributed by atoms with Gasteiger partial charge in [-0.2, -0.15) is 11.3 Å². The van der Waals surface area contributed by atoms with Gasteiger partial charge in [-0.1, -0.05) is 19.3 Å². The molecular weight excluding hydrogens is 382 g/mol. The molecule has 0 radical (unpaired) electrons. The number of hydrogen-bond donors (Lipinski definition) is 0. The Labute approximate surface area is 176 Å². The maximum Gasteiger partial charge on any atom is 0.254 e. The van der Waals surface area contributed by atoms with Crippen LogP contribution in [0.15, 0.2) is 40.1 Å². The second kappa shape index (κ2) is 9.08. The molecule has 2 aliphatic rings. The highest BCUT2D eigenvalue weighted by atomic mass is 32.1. The van der Waals surface area contributed by atoms with Gasteiger partial charge in [-0.05, 0) is 61.7 Å². The number of pyridine rings is 1. The molecule has 1 saturated carbocycles. The largest absolute Gasteiger partial charge is 0.339 e. The highest BCUT2D eigenvalue weighted by Gasteiger charge is 2.29. The van der Waals surface area contributed by atoms with Crippen molar-refractivity contribution in [1.29, 1.82) is 0 Å². The third-order valence-electron chi connectivity index (χ3n) is 6.12. The van der Waals surface area contributed by atoms with Crippen molar-refractivity contribution in [1.82, 2.24) is 9.47 Å². The molecule has 1 amide bonds. The zero-order chi connectivity index (χ0) is 20.2. The molecule has 2 fully saturated rings. The molecular formula is C23H29N3O2S. The number of rotatable bonds is 3. The van der Waals surface area contributed by atoms with Crippen molar-refractivity contribution in [2.45, 2.75) is 57.9 Å². The van der Waals surface area contributed by atoms with Gasteiger partial charge >= 0.3 is 0 Å². The van der Waals surface area contributed by atoms with Gasteiger partial charge in [-0.15, -0.1) is 0 Å². The van der Waals surface area contributed by atoms with Crippen molar-refractivity contribution in [3.05, 3.63) is 51.8 Å². The Morgan fingerprint density at radius 1 is 1.07 bits per heavy atom. The van der Waals surface area contributed by atoms with E-state index in [1.165, 1.54) is 30.6 Å². The minimum Gasteiger partial charge on any atom is -0.339 e. The molecule has 0 bridgehead atoms. The maximum absolute atomic E-state index is 13.3. The van der Waals surface area contributed by atoms with Crippen molar-refractivity contribution in [3.63, 3.8) is 0 Å². The fourth-order valence-corrected chi connectivity index (χ4v) is 5.00. The topological polar surface area (TPSA) is 54.7 Å². The lowest BCUT2D eigenvalue weighted by atomic mass is 9.95. The number of hydrogen-bond acceptors (Lipinski definition) is 4. The van der Waals surface area contributed by atoms with E-state index in [4.69, 9.17) is 4.99 Å². The lowest BCUT2D eigenvalue weighted by molar-refractivity contribution is 0.0618. The molecule has 1 saturated heterocycles. The van der Waals surface area contributed by atoms with Gasteiger partial charge in [0.1, 0.15) is 5.49 Å². The molecule has 0 aromatic carbocycles. The molecule has 0 N–H and O–H groups in total. The van der Waals surface area contributed by atoms with Gasteiger partial charge in [-0.3, -0.25) is 19.1 Å². The van der Waals surface area contributed by atoms with E-state index >= 15 is 0 Å². The molecule has 0 unspecified atom stereocenters. The fraction of sp³-hybridized carbons (Fsp3) is 0.522. The predicted octanol–water partition coefficient (Wildman–Crippen LogP) is 4.28. The Kier molecular flexibility index (Phi) is 6.28. The first-order chi connectivity index (χ1) is 14.1. The summed E-state index contributed by atoms with van der Waals surface area (Å²) in [7, 11) is 0. The van der Waals surface area contributed by atoms with Crippen molar-refractivity contribution in [2.24, 2.45) is 10.9 Å². The summed E-state index contributed by atoms with van der Waals surface area (Å²) in [6.45, 7) is 3.31. The normalized spacial score (nSPS) is 19.5. The zero-order valence-electron chi connectivity index (χ0n) is 17.0. The molecule has 3 heterocycles. The number of likely N-dealkylation sites (tertiary alicyclic amines) is 1. The summed E-state index contributed by atoms with van der Waals surface area (Å²) in [5.41, 5.74) is 2.67. The molecule has 2 aromatic heterocycles.